The molecule has 0 unspecified atom stereocenters. The Morgan fingerprint density at radius 2 is 2.15 bits per heavy atom. The molecule has 1 aromatic rings. The standard InChI is InChI=1S/C9H7F2NO/c1-6-3-2-4-7(5-12)8(6)13-9(10)11/h2-4,9H,1H3. The molecule has 0 N–H and O–H groups in total. The number of rotatable bonds is 2. The van der Waals surface area contributed by atoms with Gasteiger partial charge in [-0.2, -0.15) is 14.0 Å². The van der Waals surface area contributed by atoms with Gasteiger partial charge in [0.1, 0.15) is 11.8 Å². The topological polar surface area (TPSA) is 33.0 Å². The van der Waals surface area contributed by atoms with Crippen LogP contribution in [0.2, 0.25) is 0 Å². The molecule has 0 saturated heterocycles. The van der Waals surface area contributed by atoms with E-state index in [-0.39, 0.29) is 11.3 Å². The molecule has 0 spiro atoms. The van der Waals surface area contributed by atoms with E-state index in [1.165, 1.54) is 6.07 Å². The van der Waals surface area contributed by atoms with Crippen LogP contribution in [0.1, 0.15) is 11.1 Å². The lowest BCUT2D eigenvalue weighted by atomic mass is 10.1. The molecule has 4 heteroatoms. The lowest BCUT2D eigenvalue weighted by Crippen LogP contribution is -2.04. The van der Waals surface area contributed by atoms with Gasteiger partial charge in [0.25, 0.3) is 0 Å². The fourth-order valence-electron chi connectivity index (χ4n) is 0.986. The van der Waals surface area contributed by atoms with Crippen molar-refractivity contribution in [3.05, 3.63) is 29.3 Å². The summed E-state index contributed by atoms with van der Waals surface area (Å²) in [5.74, 6) is -0.0417. The van der Waals surface area contributed by atoms with Crippen LogP contribution in [0.3, 0.4) is 0 Å². The first-order valence-electron chi connectivity index (χ1n) is 3.59. The summed E-state index contributed by atoms with van der Waals surface area (Å²) in [6.07, 6.45) is 0. The molecule has 0 saturated carbocycles. The Morgan fingerprint density at radius 3 is 2.69 bits per heavy atom. The van der Waals surface area contributed by atoms with E-state index in [1.54, 1.807) is 25.1 Å². The Labute approximate surface area is 74.4 Å². The summed E-state index contributed by atoms with van der Waals surface area (Å²) >= 11 is 0. The van der Waals surface area contributed by atoms with Crippen LogP contribution < -0.4 is 4.74 Å². The minimum Gasteiger partial charge on any atom is -0.433 e. The first kappa shape index (κ1) is 9.46. The molecule has 0 atom stereocenters. The van der Waals surface area contributed by atoms with Gasteiger partial charge in [-0.25, -0.2) is 0 Å². The molecule has 0 amide bonds. The normalized spacial score (nSPS) is 9.77. The predicted molar refractivity (Wildman–Crippen MR) is 42.5 cm³/mol. The molecule has 0 aromatic heterocycles. The second-order valence-electron chi connectivity index (χ2n) is 2.44. The number of benzene rings is 1. The smallest absolute Gasteiger partial charge is 0.387 e. The van der Waals surface area contributed by atoms with Crippen LogP contribution >= 0.6 is 0 Å². The third-order valence-corrected chi connectivity index (χ3v) is 1.54. The molecule has 2 nitrogen and oxygen atoms in total. The van der Waals surface area contributed by atoms with Crippen LogP contribution in [-0.4, -0.2) is 6.61 Å². The molecule has 0 aliphatic carbocycles. The maximum absolute atomic E-state index is 11.9. The van der Waals surface area contributed by atoms with Crippen molar-refractivity contribution in [3.63, 3.8) is 0 Å². The summed E-state index contributed by atoms with van der Waals surface area (Å²) in [7, 11) is 0. The SMILES string of the molecule is Cc1cccc(C#N)c1OC(F)F. The highest BCUT2D eigenvalue weighted by Crippen LogP contribution is 2.24. The zero-order valence-corrected chi connectivity index (χ0v) is 6.92. The van der Waals surface area contributed by atoms with E-state index in [2.05, 4.69) is 4.74 Å². The summed E-state index contributed by atoms with van der Waals surface area (Å²) in [6.45, 7) is -1.29. The number of hydrogen-bond acceptors (Lipinski definition) is 2. The lowest BCUT2D eigenvalue weighted by molar-refractivity contribution is -0.0504. The van der Waals surface area contributed by atoms with Crippen molar-refractivity contribution >= 4 is 0 Å². The Hall–Kier alpha value is -1.63. The van der Waals surface area contributed by atoms with Crippen molar-refractivity contribution < 1.29 is 13.5 Å². The fourth-order valence-corrected chi connectivity index (χ4v) is 0.986. The molecular formula is C9H7F2NO. The van der Waals surface area contributed by atoms with Crippen LogP contribution in [0.25, 0.3) is 0 Å². The number of ether oxygens (including phenoxy) is 1. The summed E-state index contributed by atoms with van der Waals surface area (Å²) in [6, 6.07) is 6.45. The largest absolute Gasteiger partial charge is 0.433 e. The molecule has 0 heterocycles. The third-order valence-electron chi connectivity index (χ3n) is 1.54. The molecule has 0 radical (unpaired) electrons. The van der Waals surface area contributed by atoms with Gasteiger partial charge in [0.05, 0.1) is 5.56 Å². The average molecular weight is 183 g/mol. The van der Waals surface area contributed by atoms with Crippen LogP contribution in [0.4, 0.5) is 8.78 Å². The highest BCUT2D eigenvalue weighted by atomic mass is 19.3. The van der Waals surface area contributed by atoms with Crippen molar-refractivity contribution in [2.75, 3.05) is 0 Å². The first-order valence-corrected chi connectivity index (χ1v) is 3.59. The summed E-state index contributed by atoms with van der Waals surface area (Å²) in [4.78, 5) is 0. The van der Waals surface area contributed by atoms with Gasteiger partial charge in [-0.05, 0) is 18.6 Å². The van der Waals surface area contributed by atoms with Crippen LogP contribution in [0.15, 0.2) is 18.2 Å². The minimum absolute atomic E-state index is 0.0417. The summed E-state index contributed by atoms with van der Waals surface area (Å²) < 4.78 is 28.0. The van der Waals surface area contributed by atoms with Gasteiger partial charge in [-0.3, -0.25) is 0 Å². The van der Waals surface area contributed by atoms with E-state index in [0.29, 0.717) is 5.56 Å². The molecule has 1 aromatic carbocycles. The van der Waals surface area contributed by atoms with E-state index in [1.807, 2.05) is 0 Å². The number of para-hydroxylation sites is 1. The van der Waals surface area contributed by atoms with Crippen molar-refractivity contribution in [1.29, 1.82) is 5.26 Å². The maximum Gasteiger partial charge on any atom is 0.387 e. The average Bonchev–Trinajstić information content (AvgIpc) is 2.08. The van der Waals surface area contributed by atoms with Crippen LogP contribution in [0, 0.1) is 18.3 Å². The Morgan fingerprint density at radius 1 is 1.46 bits per heavy atom. The molecule has 13 heavy (non-hydrogen) atoms. The van der Waals surface area contributed by atoms with Crippen LogP contribution in [-0.2, 0) is 0 Å². The summed E-state index contributed by atoms with van der Waals surface area (Å²) in [5.41, 5.74) is 0.652. The third kappa shape index (κ3) is 2.15. The fraction of sp³-hybridized carbons (Fsp3) is 0.222. The molecule has 68 valence electrons. The van der Waals surface area contributed by atoms with E-state index in [4.69, 9.17) is 5.26 Å². The van der Waals surface area contributed by atoms with E-state index >= 15 is 0 Å². The van der Waals surface area contributed by atoms with Gasteiger partial charge in [-0.1, -0.05) is 12.1 Å². The van der Waals surface area contributed by atoms with Crippen molar-refractivity contribution in [2.45, 2.75) is 13.5 Å². The van der Waals surface area contributed by atoms with Gasteiger partial charge >= 0.3 is 6.61 Å². The molecule has 0 aliphatic rings. The number of alkyl halides is 2. The Kier molecular flexibility index (Phi) is 2.80. The molecular weight excluding hydrogens is 176 g/mol. The van der Waals surface area contributed by atoms with Gasteiger partial charge < -0.3 is 4.74 Å². The first-order chi connectivity index (χ1) is 6.15. The number of aryl methyl sites for hydroxylation is 1. The van der Waals surface area contributed by atoms with Gasteiger partial charge in [-0.15, -0.1) is 0 Å². The Balaban J connectivity index is 3.10. The van der Waals surface area contributed by atoms with Gasteiger partial charge in [0.2, 0.25) is 0 Å². The molecule has 0 fully saturated rings. The minimum atomic E-state index is -2.90. The Bertz CT molecular complexity index is 344. The van der Waals surface area contributed by atoms with Gasteiger partial charge in [0.15, 0.2) is 0 Å². The van der Waals surface area contributed by atoms with Crippen molar-refractivity contribution in [1.82, 2.24) is 0 Å². The number of halogens is 2. The predicted octanol–water partition coefficient (Wildman–Crippen LogP) is 2.47. The zero-order valence-electron chi connectivity index (χ0n) is 6.92. The highest BCUT2D eigenvalue weighted by molar-refractivity contribution is 5.47. The van der Waals surface area contributed by atoms with Gasteiger partial charge in [0, 0.05) is 0 Å². The second-order valence-corrected chi connectivity index (χ2v) is 2.44. The van der Waals surface area contributed by atoms with E-state index < -0.39 is 6.61 Å². The monoisotopic (exact) mass is 183 g/mol. The maximum atomic E-state index is 11.9. The number of nitrogens with zero attached hydrogens (tertiary/aromatic N) is 1. The molecule has 0 aliphatic heterocycles. The lowest BCUT2D eigenvalue weighted by Gasteiger charge is -2.08. The molecule has 0 bridgehead atoms. The zero-order chi connectivity index (χ0) is 9.84. The quantitative estimate of drug-likeness (QED) is 0.705. The van der Waals surface area contributed by atoms with E-state index in [9.17, 15) is 8.78 Å². The highest BCUT2D eigenvalue weighted by Gasteiger charge is 2.11. The molecule has 1 rings (SSSR count). The number of nitriles is 1. The second kappa shape index (κ2) is 3.85. The summed E-state index contributed by atoms with van der Waals surface area (Å²) in [5, 5.41) is 8.58. The van der Waals surface area contributed by atoms with Crippen molar-refractivity contribution in [3.8, 4) is 11.8 Å². The van der Waals surface area contributed by atoms with Crippen molar-refractivity contribution in [2.24, 2.45) is 0 Å². The van der Waals surface area contributed by atoms with Crippen LogP contribution in [0.5, 0.6) is 5.75 Å². The van der Waals surface area contributed by atoms with E-state index in [0.717, 1.165) is 0 Å². The number of hydrogen-bond donors (Lipinski definition) is 0.